The van der Waals surface area contributed by atoms with Gasteiger partial charge in [-0.1, -0.05) is 54.6 Å². The van der Waals surface area contributed by atoms with Crippen molar-refractivity contribution in [2.45, 2.75) is 32.0 Å². The number of aryl methyl sites for hydroxylation is 1. The van der Waals surface area contributed by atoms with Gasteiger partial charge in [0.2, 0.25) is 0 Å². The van der Waals surface area contributed by atoms with Crippen molar-refractivity contribution in [1.82, 2.24) is 19.4 Å². The zero-order valence-corrected chi connectivity index (χ0v) is 19.9. The van der Waals surface area contributed by atoms with Crippen LogP contribution >= 0.6 is 0 Å². The zero-order valence-electron chi connectivity index (χ0n) is 19.9. The van der Waals surface area contributed by atoms with Gasteiger partial charge < -0.3 is 14.6 Å². The first-order valence-electron chi connectivity index (χ1n) is 11.8. The number of rotatable bonds is 8. The predicted octanol–water partition coefficient (Wildman–Crippen LogP) is 4.50. The first-order valence-corrected chi connectivity index (χ1v) is 11.8. The van der Waals surface area contributed by atoms with Crippen molar-refractivity contribution in [2.24, 2.45) is 0 Å². The molecule has 1 N–H and O–H groups in total. The molecule has 8 heteroatoms. The number of carboxylic acid groups (broad SMARTS) is 1. The van der Waals surface area contributed by atoms with Crippen molar-refractivity contribution in [3.05, 3.63) is 102 Å². The normalized spacial score (nSPS) is 17.8. The van der Waals surface area contributed by atoms with Gasteiger partial charge in [0.15, 0.2) is 0 Å². The van der Waals surface area contributed by atoms with E-state index in [0.717, 1.165) is 21.9 Å². The van der Waals surface area contributed by atoms with Gasteiger partial charge >= 0.3 is 12.0 Å². The Bertz CT molecular complexity index is 1430. The van der Waals surface area contributed by atoms with Gasteiger partial charge in [0.1, 0.15) is 5.54 Å². The van der Waals surface area contributed by atoms with Crippen LogP contribution in [-0.2, 0) is 23.4 Å². The van der Waals surface area contributed by atoms with Crippen LogP contribution in [0, 0.1) is 0 Å². The van der Waals surface area contributed by atoms with Gasteiger partial charge in [-0.2, -0.15) is 0 Å². The lowest BCUT2D eigenvalue weighted by Gasteiger charge is -2.33. The van der Waals surface area contributed by atoms with Crippen LogP contribution in [0.3, 0.4) is 0 Å². The number of fused-ring (bicyclic) bond motifs is 1. The fraction of sp³-hybridized carbons (Fsp3) is 0.214. The summed E-state index contributed by atoms with van der Waals surface area (Å²) in [7, 11) is 0. The van der Waals surface area contributed by atoms with Gasteiger partial charge in [-0.05, 0) is 47.4 Å². The van der Waals surface area contributed by atoms with Crippen molar-refractivity contribution in [3.8, 4) is 0 Å². The van der Waals surface area contributed by atoms with Crippen LogP contribution in [0.25, 0.3) is 10.8 Å². The van der Waals surface area contributed by atoms with Crippen LogP contribution in [0.1, 0.15) is 34.8 Å². The number of carbonyl (C=O) groups is 3. The van der Waals surface area contributed by atoms with Crippen molar-refractivity contribution in [3.63, 3.8) is 0 Å². The van der Waals surface area contributed by atoms with E-state index >= 15 is 0 Å². The van der Waals surface area contributed by atoms with Crippen LogP contribution < -0.4 is 0 Å². The molecule has 1 fully saturated rings. The van der Waals surface area contributed by atoms with E-state index in [4.69, 9.17) is 0 Å². The molecule has 1 aromatic heterocycles. The lowest BCUT2D eigenvalue weighted by Crippen LogP contribution is -2.44. The third-order valence-electron chi connectivity index (χ3n) is 6.88. The van der Waals surface area contributed by atoms with E-state index in [2.05, 4.69) is 4.98 Å². The van der Waals surface area contributed by atoms with Crippen molar-refractivity contribution in [1.29, 1.82) is 0 Å². The molecule has 36 heavy (non-hydrogen) atoms. The number of benzene rings is 3. The SMILES string of the molecule is CC1(c2cccc3ccccc23)C(=O)N(CCCn2ccnc2)C(=O)N1Cc1ccc(C(=O)O)cc1. The summed E-state index contributed by atoms with van der Waals surface area (Å²) in [6.45, 7) is 2.89. The van der Waals surface area contributed by atoms with E-state index in [1.165, 1.54) is 17.0 Å². The van der Waals surface area contributed by atoms with Crippen molar-refractivity contribution < 1.29 is 19.5 Å². The second kappa shape index (κ2) is 9.30. The quantitative estimate of drug-likeness (QED) is 0.373. The molecule has 1 aliphatic heterocycles. The monoisotopic (exact) mass is 482 g/mol. The Kier molecular flexibility index (Phi) is 6.01. The topological polar surface area (TPSA) is 95.7 Å². The number of amides is 3. The highest BCUT2D eigenvalue weighted by Gasteiger charge is 2.55. The molecule has 1 atom stereocenters. The highest BCUT2D eigenvalue weighted by Crippen LogP contribution is 2.41. The Morgan fingerprint density at radius 2 is 1.72 bits per heavy atom. The van der Waals surface area contributed by atoms with Gasteiger partial charge in [0, 0.05) is 32.0 Å². The Morgan fingerprint density at radius 1 is 0.972 bits per heavy atom. The minimum atomic E-state index is -1.22. The molecule has 8 nitrogen and oxygen atoms in total. The minimum absolute atomic E-state index is 0.167. The number of hydrogen-bond donors (Lipinski definition) is 1. The summed E-state index contributed by atoms with van der Waals surface area (Å²) in [5.41, 5.74) is 0.449. The van der Waals surface area contributed by atoms with E-state index in [1.807, 2.05) is 53.2 Å². The Hall–Kier alpha value is -4.46. The number of carbonyl (C=O) groups excluding carboxylic acids is 2. The summed E-state index contributed by atoms with van der Waals surface area (Å²) in [4.78, 5) is 46.0. The third kappa shape index (κ3) is 4.00. The standard InChI is InChI=1S/C28H26N4O4/c1-28(24-9-4-7-21-6-2-3-8-23(21)24)26(35)31(16-5-15-30-17-14-29-19-30)27(36)32(28)18-20-10-12-22(13-11-20)25(33)34/h2-4,6-14,17,19H,5,15-16,18H2,1H3,(H,33,34). The van der Waals surface area contributed by atoms with Gasteiger partial charge in [-0.25, -0.2) is 14.6 Å². The van der Waals surface area contributed by atoms with Gasteiger partial charge in [0.05, 0.1) is 11.9 Å². The van der Waals surface area contributed by atoms with Crippen LogP contribution in [0.15, 0.2) is 85.5 Å². The molecule has 0 spiro atoms. The summed E-state index contributed by atoms with van der Waals surface area (Å²) >= 11 is 0. The van der Waals surface area contributed by atoms with Crippen molar-refractivity contribution in [2.75, 3.05) is 6.54 Å². The van der Waals surface area contributed by atoms with Gasteiger partial charge in [0.25, 0.3) is 5.91 Å². The first-order chi connectivity index (χ1) is 17.4. The molecule has 3 aromatic carbocycles. The maximum absolute atomic E-state index is 14.0. The average Bonchev–Trinajstić information content (AvgIpc) is 3.47. The lowest BCUT2D eigenvalue weighted by atomic mass is 9.86. The molecule has 1 saturated heterocycles. The van der Waals surface area contributed by atoms with E-state index in [-0.39, 0.29) is 30.6 Å². The number of hydrogen-bond acceptors (Lipinski definition) is 4. The molecule has 182 valence electrons. The Morgan fingerprint density at radius 3 is 2.44 bits per heavy atom. The molecule has 4 aromatic rings. The van der Waals surface area contributed by atoms with Crippen LogP contribution in [-0.4, -0.2) is 48.9 Å². The smallest absolute Gasteiger partial charge is 0.335 e. The number of aromatic carboxylic acids is 1. The molecular weight excluding hydrogens is 456 g/mol. The largest absolute Gasteiger partial charge is 0.478 e. The average molecular weight is 483 g/mol. The summed E-state index contributed by atoms with van der Waals surface area (Å²) in [6.07, 6.45) is 5.85. The number of imide groups is 1. The summed E-state index contributed by atoms with van der Waals surface area (Å²) in [5, 5.41) is 11.1. The maximum atomic E-state index is 14.0. The van der Waals surface area contributed by atoms with Gasteiger partial charge in [-0.15, -0.1) is 0 Å². The van der Waals surface area contributed by atoms with Crippen LogP contribution in [0.4, 0.5) is 4.79 Å². The summed E-state index contributed by atoms with van der Waals surface area (Å²) < 4.78 is 1.91. The molecule has 1 aliphatic rings. The molecule has 0 aliphatic carbocycles. The third-order valence-corrected chi connectivity index (χ3v) is 6.88. The maximum Gasteiger partial charge on any atom is 0.335 e. The van der Waals surface area contributed by atoms with Crippen LogP contribution in [0.5, 0.6) is 0 Å². The predicted molar refractivity (Wildman–Crippen MR) is 134 cm³/mol. The van der Waals surface area contributed by atoms with Crippen molar-refractivity contribution >= 4 is 28.7 Å². The fourth-order valence-electron chi connectivity index (χ4n) is 4.90. The summed E-state index contributed by atoms with van der Waals surface area (Å²) in [6, 6.07) is 19.7. The Labute approximate surface area is 208 Å². The van der Waals surface area contributed by atoms with E-state index < -0.39 is 11.5 Å². The second-order valence-corrected chi connectivity index (χ2v) is 9.08. The molecule has 0 radical (unpaired) electrons. The molecule has 1 unspecified atom stereocenters. The highest BCUT2D eigenvalue weighted by atomic mass is 16.4. The van der Waals surface area contributed by atoms with Crippen LogP contribution in [0.2, 0.25) is 0 Å². The summed E-state index contributed by atoms with van der Waals surface area (Å²) in [5.74, 6) is -1.28. The number of nitrogens with zero attached hydrogens (tertiary/aromatic N) is 4. The van der Waals surface area contributed by atoms with Gasteiger partial charge in [-0.3, -0.25) is 9.69 Å². The van der Waals surface area contributed by atoms with E-state index in [9.17, 15) is 19.5 Å². The molecular formula is C28H26N4O4. The number of imidazole rings is 1. The minimum Gasteiger partial charge on any atom is -0.478 e. The molecule has 2 heterocycles. The number of aromatic nitrogens is 2. The second-order valence-electron chi connectivity index (χ2n) is 9.08. The molecule has 5 rings (SSSR count). The molecule has 0 saturated carbocycles. The Balaban J connectivity index is 1.52. The van der Waals surface area contributed by atoms with E-state index in [1.54, 1.807) is 36.5 Å². The highest BCUT2D eigenvalue weighted by molar-refractivity contribution is 6.09. The first kappa shape index (κ1) is 23.3. The number of carboxylic acids is 1. The fourth-order valence-corrected chi connectivity index (χ4v) is 4.90. The number of urea groups is 1. The molecule has 0 bridgehead atoms. The van der Waals surface area contributed by atoms with E-state index in [0.29, 0.717) is 13.0 Å². The molecule has 3 amide bonds. The zero-order chi connectivity index (χ0) is 25.3. The lowest BCUT2D eigenvalue weighted by molar-refractivity contribution is -0.133.